The Kier molecular flexibility index (Phi) is 6.72. The van der Waals surface area contributed by atoms with E-state index in [1.54, 1.807) is 18.3 Å². The molecule has 0 aliphatic carbocycles. The molecule has 1 amide bonds. The van der Waals surface area contributed by atoms with Crippen LogP contribution in [0.2, 0.25) is 5.02 Å². The lowest BCUT2D eigenvalue weighted by Crippen LogP contribution is -2.34. The summed E-state index contributed by atoms with van der Waals surface area (Å²) in [6.07, 6.45) is 3.54. The second-order valence-corrected chi connectivity index (χ2v) is 8.42. The Labute approximate surface area is 190 Å². The third-order valence-electron chi connectivity index (χ3n) is 5.13. The fourth-order valence-electron chi connectivity index (χ4n) is 3.56. The molecule has 0 atom stereocenters. The third kappa shape index (κ3) is 5.08. The van der Waals surface area contributed by atoms with Crippen molar-refractivity contribution in [2.75, 3.05) is 18.4 Å². The maximum absolute atomic E-state index is 14.5. The van der Waals surface area contributed by atoms with E-state index < -0.39 is 11.7 Å². The van der Waals surface area contributed by atoms with Gasteiger partial charge < -0.3 is 20.7 Å². The molecule has 168 valence electrons. The highest BCUT2D eigenvalue weighted by Crippen LogP contribution is 2.32. The predicted molar refractivity (Wildman–Crippen MR) is 123 cm³/mol. The molecule has 1 saturated heterocycles. The Bertz CT molecular complexity index is 1130. The van der Waals surface area contributed by atoms with Crippen molar-refractivity contribution in [3.8, 4) is 5.75 Å². The number of carbonyl (C=O) groups excluding carboxylic acids is 1. The van der Waals surface area contributed by atoms with Gasteiger partial charge in [0.2, 0.25) is 5.95 Å². The summed E-state index contributed by atoms with van der Waals surface area (Å²) in [5.41, 5.74) is 0.987. The van der Waals surface area contributed by atoms with Gasteiger partial charge in [0.1, 0.15) is 23.2 Å². The van der Waals surface area contributed by atoms with E-state index >= 15 is 0 Å². The van der Waals surface area contributed by atoms with Gasteiger partial charge in [0.05, 0.1) is 10.6 Å². The van der Waals surface area contributed by atoms with Crippen molar-refractivity contribution in [2.24, 2.45) is 0 Å². The largest absolute Gasteiger partial charge is 0.488 e. The topological polar surface area (TPSA) is 88.2 Å². The van der Waals surface area contributed by atoms with Crippen molar-refractivity contribution < 1.29 is 13.9 Å². The third-order valence-corrected chi connectivity index (χ3v) is 5.46. The van der Waals surface area contributed by atoms with Crippen LogP contribution in [0.5, 0.6) is 5.75 Å². The second-order valence-electron chi connectivity index (χ2n) is 8.02. The standard InChI is InChI=1S/C23H25ClFN5O2/c1-13(2)28-22(31)16-4-3-14(11-19(16)25)29-23-27-12-17-18(24)5-6-20(21(17)30-23)32-15-7-9-26-10-8-15/h3-6,11-13,15,26H,7-10H2,1-2H3,(H,28,31)(H,27,29,30). The van der Waals surface area contributed by atoms with Crippen LogP contribution in [0.4, 0.5) is 16.0 Å². The van der Waals surface area contributed by atoms with E-state index in [1.165, 1.54) is 12.1 Å². The number of carbonyl (C=O) groups is 1. The van der Waals surface area contributed by atoms with Crippen LogP contribution >= 0.6 is 11.6 Å². The molecule has 1 aliphatic heterocycles. The summed E-state index contributed by atoms with van der Waals surface area (Å²) in [4.78, 5) is 21.0. The zero-order valence-corrected chi connectivity index (χ0v) is 18.7. The van der Waals surface area contributed by atoms with Gasteiger partial charge >= 0.3 is 0 Å². The summed E-state index contributed by atoms with van der Waals surface area (Å²) >= 11 is 6.33. The molecule has 0 bridgehead atoms. The van der Waals surface area contributed by atoms with Crippen LogP contribution < -0.4 is 20.7 Å². The van der Waals surface area contributed by atoms with Gasteiger partial charge in [0, 0.05) is 23.3 Å². The zero-order chi connectivity index (χ0) is 22.7. The van der Waals surface area contributed by atoms with Gasteiger partial charge in [-0.25, -0.2) is 14.4 Å². The van der Waals surface area contributed by atoms with Gasteiger partial charge in [-0.2, -0.15) is 0 Å². The minimum atomic E-state index is -0.632. The van der Waals surface area contributed by atoms with Crippen molar-refractivity contribution in [1.82, 2.24) is 20.6 Å². The molecule has 32 heavy (non-hydrogen) atoms. The highest BCUT2D eigenvalue weighted by Gasteiger charge is 2.18. The Morgan fingerprint density at radius 2 is 2.03 bits per heavy atom. The van der Waals surface area contributed by atoms with E-state index in [0.29, 0.717) is 27.4 Å². The van der Waals surface area contributed by atoms with Crippen molar-refractivity contribution >= 4 is 40.0 Å². The molecule has 0 saturated carbocycles. The lowest BCUT2D eigenvalue weighted by Gasteiger charge is -2.24. The Morgan fingerprint density at radius 3 is 2.75 bits per heavy atom. The first-order valence-electron chi connectivity index (χ1n) is 10.6. The Morgan fingerprint density at radius 1 is 1.25 bits per heavy atom. The summed E-state index contributed by atoms with van der Waals surface area (Å²) in [5, 5.41) is 10.2. The van der Waals surface area contributed by atoms with Gasteiger partial charge in [-0.3, -0.25) is 4.79 Å². The monoisotopic (exact) mass is 457 g/mol. The normalized spacial score (nSPS) is 14.5. The molecule has 3 N–H and O–H groups in total. The van der Waals surface area contributed by atoms with Crippen molar-refractivity contribution in [3.63, 3.8) is 0 Å². The van der Waals surface area contributed by atoms with Crippen LogP contribution in [0.3, 0.4) is 0 Å². The van der Waals surface area contributed by atoms with Gasteiger partial charge in [-0.05, 0) is 70.1 Å². The number of amides is 1. The van der Waals surface area contributed by atoms with E-state index in [-0.39, 0.29) is 23.7 Å². The van der Waals surface area contributed by atoms with Gasteiger partial charge in [-0.15, -0.1) is 0 Å². The molecule has 1 aliphatic rings. The molecule has 2 heterocycles. The van der Waals surface area contributed by atoms with Gasteiger partial charge in [0.25, 0.3) is 5.91 Å². The molecular weight excluding hydrogens is 433 g/mol. The molecule has 1 fully saturated rings. The van der Waals surface area contributed by atoms with E-state index in [4.69, 9.17) is 16.3 Å². The number of nitrogens with zero attached hydrogens (tertiary/aromatic N) is 2. The summed E-state index contributed by atoms with van der Waals surface area (Å²) in [6, 6.07) is 7.78. The number of hydrogen-bond acceptors (Lipinski definition) is 6. The summed E-state index contributed by atoms with van der Waals surface area (Å²) < 4.78 is 20.7. The number of hydrogen-bond donors (Lipinski definition) is 3. The molecule has 7 nitrogen and oxygen atoms in total. The number of halogens is 2. The zero-order valence-electron chi connectivity index (χ0n) is 17.9. The molecular formula is C23H25ClFN5O2. The summed E-state index contributed by atoms with van der Waals surface area (Å²) in [6.45, 7) is 5.46. The SMILES string of the molecule is CC(C)NC(=O)c1ccc(Nc2ncc3c(Cl)ccc(OC4CCNCC4)c3n2)cc1F. The van der Waals surface area contributed by atoms with E-state index in [1.807, 2.05) is 19.9 Å². The second kappa shape index (κ2) is 9.67. The minimum absolute atomic E-state index is 0.0203. The highest BCUT2D eigenvalue weighted by atomic mass is 35.5. The number of rotatable bonds is 6. The molecule has 0 radical (unpaired) electrons. The predicted octanol–water partition coefficient (Wildman–Crippen LogP) is 4.43. The van der Waals surface area contributed by atoms with Crippen LogP contribution in [0.25, 0.3) is 10.9 Å². The van der Waals surface area contributed by atoms with Gasteiger partial charge in [-0.1, -0.05) is 11.6 Å². The average Bonchev–Trinajstić information content (AvgIpc) is 2.76. The Hall–Kier alpha value is -2.97. The quantitative estimate of drug-likeness (QED) is 0.507. The average molecular weight is 458 g/mol. The van der Waals surface area contributed by atoms with Crippen molar-refractivity contribution in [3.05, 3.63) is 52.9 Å². The number of anilines is 2. The summed E-state index contributed by atoms with van der Waals surface area (Å²) in [7, 11) is 0. The van der Waals surface area contributed by atoms with Crippen LogP contribution in [0.15, 0.2) is 36.5 Å². The maximum atomic E-state index is 14.5. The van der Waals surface area contributed by atoms with Crippen molar-refractivity contribution in [1.29, 1.82) is 0 Å². The number of fused-ring (bicyclic) bond motifs is 1. The first-order chi connectivity index (χ1) is 15.4. The number of nitrogens with one attached hydrogen (secondary N) is 3. The fourth-order valence-corrected chi connectivity index (χ4v) is 3.76. The van der Waals surface area contributed by atoms with E-state index in [2.05, 4.69) is 25.9 Å². The van der Waals surface area contributed by atoms with Crippen LogP contribution in [-0.4, -0.2) is 41.1 Å². The molecule has 2 aromatic carbocycles. The lowest BCUT2D eigenvalue weighted by molar-refractivity contribution is 0.0939. The number of ether oxygens (including phenoxy) is 1. The minimum Gasteiger partial charge on any atom is -0.488 e. The Balaban J connectivity index is 1.59. The maximum Gasteiger partial charge on any atom is 0.254 e. The van der Waals surface area contributed by atoms with Crippen molar-refractivity contribution in [2.45, 2.75) is 38.8 Å². The molecule has 0 unspecified atom stereocenters. The number of piperidine rings is 1. The smallest absolute Gasteiger partial charge is 0.254 e. The molecule has 3 aromatic rings. The van der Waals surface area contributed by atoms with E-state index in [0.717, 1.165) is 25.9 Å². The van der Waals surface area contributed by atoms with Crippen LogP contribution in [0, 0.1) is 5.82 Å². The van der Waals surface area contributed by atoms with Crippen LogP contribution in [-0.2, 0) is 0 Å². The molecule has 0 spiro atoms. The first kappa shape index (κ1) is 22.2. The van der Waals surface area contributed by atoms with Crippen LogP contribution in [0.1, 0.15) is 37.0 Å². The molecule has 4 rings (SSSR count). The first-order valence-corrected chi connectivity index (χ1v) is 11.0. The van der Waals surface area contributed by atoms with E-state index in [9.17, 15) is 9.18 Å². The number of aromatic nitrogens is 2. The number of benzene rings is 2. The molecule has 1 aromatic heterocycles. The highest BCUT2D eigenvalue weighted by molar-refractivity contribution is 6.35. The van der Waals surface area contributed by atoms with Gasteiger partial charge in [0.15, 0.2) is 0 Å². The summed E-state index contributed by atoms with van der Waals surface area (Å²) in [5.74, 6) is -0.186. The fraction of sp³-hybridized carbons (Fsp3) is 0.348. The lowest BCUT2D eigenvalue weighted by atomic mass is 10.1. The molecule has 9 heteroatoms.